The van der Waals surface area contributed by atoms with Gasteiger partial charge in [0.2, 0.25) is 5.91 Å². The molecule has 92 valence electrons. The average molecular weight is 234 g/mol. The zero-order chi connectivity index (χ0) is 11.9. The van der Waals surface area contributed by atoms with Crippen LogP contribution in [0.25, 0.3) is 0 Å². The van der Waals surface area contributed by atoms with Gasteiger partial charge in [-0.05, 0) is 36.8 Å². The van der Waals surface area contributed by atoms with Crippen molar-refractivity contribution >= 4 is 5.91 Å². The maximum absolute atomic E-state index is 11.4. The number of hydrogen-bond acceptors (Lipinski definition) is 3. The quantitative estimate of drug-likeness (QED) is 0.770. The summed E-state index contributed by atoms with van der Waals surface area (Å²) in [6.07, 6.45) is 6.87. The van der Waals surface area contributed by atoms with Gasteiger partial charge < -0.3 is 10.1 Å². The minimum absolute atomic E-state index is 0.0328. The first-order chi connectivity index (χ1) is 8.34. The lowest BCUT2D eigenvalue weighted by Gasteiger charge is -2.05. The van der Waals surface area contributed by atoms with Crippen LogP contribution in [-0.4, -0.2) is 30.6 Å². The Hall–Kier alpha value is -1.42. The van der Waals surface area contributed by atoms with Gasteiger partial charge in [-0.15, -0.1) is 0 Å². The van der Waals surface area contributed by atoms with Crippen LogP contribution < -0.4 is 5.32 Å². The van der Waals surface area contributed by atoms with E-state index in [0.717, 1.165) is 18.6 Å². The molecule has 2 rings (SSSR count). The molecule has 1 aromatic heterocycles. The molecule has 0 radical (unpaired) electrons. The lowest BCUT2D eigenvalue weighted by Crippen LogP contribution is -2.29. The van der Waals surface area contributed by atoms with E-state index in [1.54, 1.807) is 6.20 Å². The van der Waals surface area contributed by atoms with Crippen molar-refractivity contribution in [2.24, 2.45) is 5.92 Å². The van der Waals surface area contributed by atoms with Gasteiger partial charge >= 0.3 is 0 Å². The molecular formula is C13H18N2O2. The number of nitrogens with zero attached hydrogens (tertiary/aromatic N) is 1. The molecule has 0 unspecified atom stereocenters. The smallest absolute Gasteiger partial charge is 0.246 e. The summed E-state index contributed by atoms with van der Waals surface area (Å²) in [4.78, 5) is 15.4. The highest BCUT2D eigenvalue weighted by molar-refractivity contribution is 5.77. The van der Waals surface area contributed by atoms with Crippen molar-refractivity contribution in [1.29, 1.82) is 0 Å². The first kappa shape index (κ1) is 12.0. The second-order valence-corrected chi connectivity index (χ2v) is 4.42. The molecule has 0 bridgehead atoms. The second-order valence-electron chi connectivity index (χ2n) is 4.42. The number of pyridine rings is 1. The Balaban J connectivity index is 1.53. The molecule has 0 spiro atoms. The van der Waals surface area contributed by atoms with E-state index >= 15 is 0 Å². The fourth-order valence-electron chi connectivity index (χ4n) is 1.55. The largest absolute Gasteiger partial charge is 0.371 e. The normalized spacial score (nSPS) is 14.6. The molecule has 1 heterocycles. The minimum atomic E-state index is -0.0328. The van der Waals surface area contributed by atoms with Gasteiger partial charge in [-0.1, -0.05) is 6.07 Å². The number of nitrogens with one attached hydrogen (secondary N) is 1. The lowest BCUT2D eigenvalue weighted by atomic mass is 10.2. The molecule has 4 nitrogen and oxygen atoms in total. The van der Waals surface area contributed by atoms with Gasteiger partial charge in [0, 0.05) is 18.9 Å². The summed E-state index contributed by atoms with van der Waals surface area (Å²) in [5.41, 5.74) is 1.13. The van der Waals surface area contributed by atoms with E-state index < -0.39 is 0 Å². The molecule has 1 aliphatic rings. The van der Waals surface area contributed by atoms with Gasteiger partial charge in [-0.3, -0.25) is 9.78 Å². The second kappa shape index (κ2) is 6.35. The molecule has 1 aromatic rings. The van der Waals surface area contributed by atoms with Gasteiger partial charge in [0.05, 0.1) is 6.61 Å². The molecule has 1 fully saturated rings. The molecule has 1 amide bonds. The molecule has 17 heavy (non-hydrogen) atoms. The van der Waals surface area contributed by atoms with Crippen LogP contribution in [0.4, 0.5) is 0 Å². The van der Waals surface area contributed by atoms with Crippen molar-refractivity contribution in [2.75, 3.05) is 19.8 Å². The third kappa shape index (κ3) is 4.95. The van der Waals surface area contributed by atoms with Crippen LogP contribution in [0.5, 0.6) is 0 Å². The molecule has 1 aliphatic carbocycles. The Morgan fingerprint density at radius 3 is 3.12 bits per heavy atom. The molecule has 1 N–H and O–H groups in total. The summed E-state index contributed by atoms with van der Waals surface area (Å²) in [6, 6.07) is 3.90. The van der Waals surface area contributed by atoms with Gasteiger partial charge in [-0.25, -0.2) is 0 Å². The molecule has 4 heteroatoms. The molecule has 0 aromatic carbocycles. The highest BCUT2D eigenvalue weighted by Crippen LogP contribution is 2.28. The van der Waals surface area contributed by atoms with Gasteiger partial charge in [0.1, 0.15) is 6.61 Å². The average Bonchev–Trinajstić information content (AvgIpc) is 3.14. The molecule has 0 aliphatic heterocycles. The van der Waals surface area contributed by atoms with Crippen LogP contribution in [0.2, 0.25) is 0 Å². The van der Waals surface area contributed by atoms with Crippen LogP contribution in [-0.2, 0) is 16.0 Å². The number of ether oxygens (including phenoxy) is 1. The summed E-state index contributed by atoms with van der Waals surface area (Å²) in [6.45, 7) is 1.55. The van der Waals surface area contributed by atoms with Crippen molar-refractivity contribution in [1.82, 2.24) is 10.3 Å². The first-order valence-corrected chi connectivity index (χ1v) is 6.08. The molecule has 1 saturated carbocycles. The van der Waals surface area contributed by atoms with E-state index in [2.05, 4.69) is 10.3 Å². The van der Waals surface area contributed by atoms with Crippen LogP contribution >= 0.6 is 0 Å². The Bertz CT molecular complexity index is 350. The van der Waals surface area contributed by atoms with E-state index in [4.69, 9.17) is 4.74 Å². The topological polar surface area (TPSA) is 51.2 Å². The maximum atomic E-state index is 11.4. The van der Waals surface area contributed by atoms with Crippen LogP contribution in [0.1, 0.15) is 18.4 Å². The molecular weight excluding hydrogens is 216 g/mol. The predicted octanol–water partition coefficient (Wildman–Crippen LogP) is 1.17. The van der Waals surface area contributed by atoms with Gasteiger partial charge in [0.25, 0.3) is 0 Å². The Labute approximate surface area is 101 Å². The summed E-state index contributed by atoms with van der Waals surface area (Å²) >= 11 is 0. The fourth-order valence-corrected chi connectivity index (χ4v) is 1.55. The number of carbonyl (C=O) groups is 1. The fraction of sp³-hybridized carbons (Fsp3) is 0.538. The Morgan fingerprint density at radius 2 is 2.41 bits per heavy atom. The van der Waals surface area contributed by atoms with Crippen LogP contribution in [0.3, 0.4) is 0 Å². The highest BCUT2D eigenvalue weighted by Gasteiger charge is 2.21. The van der Waals surface area contributed by atoms with E-state index in [1.165, 1.54) is 12.8 Å². The lowest BCUT2D eigenvalue weighted by molar-refractivity contribution is -0.125. The number of carbonyl (C=O) groups excluding carboxylic acids is 1. The third-order valence-electron chi connectivity index (χ3n) is 2.74. The van der Waals surface area contributed by atoms with Crippen molar-refractivity contribution in [3.63, 3.8) is 0 Å². The van der Waals surface area contributed by atoms with Crippen molar-refractivity contribution in [3.05, 3.63) is 30.1 Å². The Morgan fingerprint density at radius 1 is 1.53 bits per heavy atom. The number of hydrogen-bond donors (Lipinski definition) is 1. The van der Waals surface area contributed by atoms with Crippen LogP contribution in [0.15, 0.2) is 24.5 Å². The maximum Gasteiger partial charge on any atom is 0.246 e. The monoisotopic (exact) mass is 234 g/mol. The zero-order valence-corrected chi connectivity index (χ0v) is 9.89. The third-order valence-corrected chi connectivity index (χ3v) is 2.74. The van der Waals surface area contributed by atoms with Gasteiger partial charge in [0.15, 0.2) is 0 Å². The van der Waals surface area contributed by atoms with E-state index in [1.807, 2.05) is 18.3 Å². The van der Waals surface area contributed by atoms with Gasteiger partial charge in [-0.2, -0.15) is 0 Å². The van der Waals surface area contributed by atoms with Crippen LogP contribution in [0, 0.1) is 5.92 Å². The van der Waals surface area contributed by atoms with Crippen molar-refractivity contribution in [3.8, 4) is 0 Å². The highest BCUT2D eigenvalue weighted by atomic mass is 16.5. The SMILES string of the molecule is O=C(COCC1CC1)NCCc1cccnc1. The number of amides is 1. The first-order valence-electron chi connectivity index (χ1n) is 6.08. The predicted molar refractivity (Wildman–Crippen MR) is 64.5 cm³/mol. The summed E-state index contributed by atoms with van der Waals surface area (Å²) in [7, 11) is 0. The molecule has 0 saturated heterocycles. The van der Waals surface area contributed by atoms with E-state index in [9.17, 15) is 4.79 Å². The zero-order valence-electron chi connectivity index (χ0n) is 9.89. The summed E-state index contributed by atoms with van der Waals surface area (Å²) in [5.74, 6) is 0.674. The summed E-state index contributed by atoms with van der Waals surface area (Å²) in [5, 5.41) is 2.83. The standard InChI is InChI=1S/C13H18N2O2/c16-13(10-17-9-12-3-4-12)15-7-5-11-2-1-6-14-8-11/h1-2,6,8,12H,3-5,7,9-10H2,(H,15,16). The van der Waals surface area contributed by atoms with Crippen molar-refractivity contribution < 1.29 is 9.53 Å². The summed E-state index contributed by atoms with van der Waals surface area (Å²) < 4.78 is 5.30. The van der Waals surface area contributed by atoms with E-state index in [-0.39, 0.29) is 12.5 Å². The van der Waals surface area contributed by atoms with Crippen molar-refractivity contribution in [2.45, 2.75) is 19.3 Å². The number of rotatable bonds is 7. The van der Waals surface area contributed by atoms with E-state index in [0.29, 0.717) is 12.5 Å². The Kier molecular flexibility index (Phi) is 4.50. The molecule has 0 atom stereocenters. The number of aromatic nitrogens is 1. The minimum Gasteiger partial charge on any atom is -0.371 e.